The van der Waals surface area contributed by atoms with Crippen LogP contribution in [-0.2, 0) is 6.54 Å². The molecule has 0 saturated carbocycles. The highest BCUT2D eigenvalue weighted by Gasteiger charge is 2.05. The molecule has 21 heavy (non-hydrogen) atoms. The van der Waals surface area contributed by atoms with Crippen LogP contribution >= 0.6 is 23.8 Å². The van der Waals surface area contributed by atoms with Crippen molar-refractivity contribution in [2.45, 2.75) is 13.5 Å². The molecule has 110 valence electrons. The standard InChI is InChI=1S/C16H17ClN2OS/c1-2-20-15-10-6-5-9-14(15)19-16(21)18-11-12-7-3-4-8-13(12)17/h3-10H,2,11H2,1H3,(H2,18,19,21). The molecule has 0 aliphatic rings. The predicted octanol–water partition coefficient (Wildman–Crippen LogP) is 4.23. The first-order valence-corrected chi connectivity index (χ1v) is 7.49. The summed E-state index contributed by atoms with van der Waals surface area (Å²) in [5.74, 6) is 0.780. The molecule has 0 saturated heterocycles. The first kappa shape index (κ1) is 15.6. The van der Waals surface area contributed by atoms with Crippen LogP contribution < -0.4 is 15.4 Å². The van der Waals surface area contributed by atoms with E-state index < -0.39 is 0 Å². The molecule has 5 heteroatoms. The molecular formula is C16H17ClN2OS. The fourth-order valence-electron chi connectivity index (χ4n) is 1.84. The number of para-hydroxylation sites is 2. The molecule has 0 amide bonds. The maximum absolute atomic E-state index is 6.11. The van der Waals surface area contributed by atoms with Gasteiger partial charge in [-0.1, -0.05) is 41.9 Å². The predicted molar refractivity (Wildman–Crippen MR) is 92.1 cm³/mol. The van der Waals surface area contributed by atoms with Gasteiger partial charge in [-0.25, -0.2) is 0 Å². The molecule has 0 atom stereocenters. The van der Waals surface area contributed by atoms with Gasteiger partial charge >= 0.3 is 0 Å². The van der Waals surface area contributed by atoms with Crippen molar-refractivity contribution in [2.75, 3.05) is 11.9 Å². The third-order valence-corrected chi connectivity index (χ3v) is 3.45. The molecule has 0 heterocycles. The summed E-state index contributed by atoms with van der Waals surface area (Å²) in [6, 6.07) is 15.4. The summed E-state index contributed by atoms with van der Waals surface area (Å²) in [4.78, 5) is 0. The van der Waals surface area contributed by atoms with Crippen LogP contribution in [0, 0.1) is 0 Å². The molecule has 3 nitrogen and oxygen atoms in total. The molecule has 0 bridgehead atoms. The van der Waals surface area contributed by atoms with Crippen LogP contribution in [-0.4, -0.2) is 11.7 Å². The highest BCUT2D eigenvalue weighted by Crippen LogP contribution is 2.23. The normalized spacial score (nSPS) is 10.0. The number of anilines is 1. The Balaban J connectivity index is 1.95. The second-order valence-electron chi connectivity index (χ2n) is 4.33. The van der Waals surface area contributed by atoms with Gasteiger partial charge in [0, 0.05) is 11.6 Å². The van der Waals surface area contributed by atoms with E-state index in [-0.39, 0.29) is 0 Å². The van der Waals surface area contributed by atoms with Crippen molar-refractivity contribution in [2.24, 2.45) is 0 Å². The monoisotopic (exact) mass is 320 g/mol. The zero-order valence-electron chi connectivity index (χ0n) is 11.7. The van der Waals surface area contributed by atoms with Gasteiger partial charge in [-0.2, -0.15) is 0 Å². The highest BCUT2D eigenvalue weighted by molar-refractivity contribution is 7.80. The number of hydrogen-bond donors (Lipinski definition) is 2. The molecule has 2 aromatic rings. The number of rotatable bonds is 5. The average molecular weight is 321 g/mol. The summed E-state index contributed by atoms with van der Waals surface area (Å²) in [5.41, 5.74) is 1.84. The number of nitrogens with one attached hydrogen (secondary N) is 2. The minimum Gasteiger partial charge on any atom is -0.492 e. The number of thiocarbonyl (C=S) groups is 1. The lowest BCUT2D eigenvalue weighted by Crippen LogP contribution is -2.28. The van der Waals surface area contributed by atoms with Crippen molar-refractivity contribution in [3.8, 4) is 5.75 Å². The quantitative estimate of drug-likeness (QED) is 0.808. The Labute approximate surface area is 135 Å². The zero-order valence-corrected chi connectivity index (χ0v) is 13.3. The van der Waals surface area contributed by atoms with E-state index in [9.17, 15) is 0 Å². The molecule has 0 unspecified atom stereocenters. The van der Waals surface area contributed by atoms with Gasteiger partial charge < -0.3 is 15.4 Å². The van der Waals surface area contributed by atoms with Crippen LogP contribution in [0.3, 0.4) is 0 Å². The van der Waals surface area contributed by atoms with E-state index in [1.807, 2.05) is 55.5 Å². The summed E-state index contributed by atoms with van der Waals surface area (Å²) in [6.45, 7) is 3.13. The van der Waals surface area contributed by atoms with Crippen molar-refractivity contribution in [3.63, 3.8) is 0 Å². The van der Waals surface area contributed by atoms with Crippen LogP contribution in [0.25, 0.3) is 0 Å². The Morgan fingerprint density at radius 2 is 1.86 bits per heavy atom. The SMILES string of the molecule is CCOc1ccccc1NC(=S)NCc1ccccc1Cl. The molecule has 0 radical (unpaired) electrons. The Morgan fingerprint density at radius 1 is 1.14 bits per heavy atom. The highest BCUT2D eigenvalue weighted by atomic mass is 35.5. The second-order valence-corrected chi connectivity index (χ2v) is 5.14. The molecule has 2 rings (SSSR count). The van der Waals surface area contributed by atoms with Crippen LogP contribution in [0.2, 0.25) is 5.02 Å². The number of benzene rings is 2. The minimum absolute atomic E-state index is 0.530. The molecule has 0 spiro atoms. The van der Waals surface area contributed by atoms with Crippen molar-refractivity contribution in [3.05, 3.63) is 59.1 Å². The lowest BCUT2D eigenvalue weighted by molar-refractivity contribution is 0.342. The average Bonchev–Trinajstić information content (AvgIpc) is 2.49. The fourth-order valence-corrected chi connectivity index (χ4v) is 2.22. The maximum Gasteiger partial charge on any atom is 0.171 e. The first-order chi connectivity index (χ1) is 10.2. The largest absolute Gasteiger partial charge is 0.492 e. The van der Waals surface area contributed by atoms with E-state index in [0.717, 1.165) is 22.0 Å². The minimum atomic E-state index is 0.530. The Morgan fingerprint density at radius 3 is 2.62 bits per heavy atom. The summed E-state index contributed by atoms with van der Waals surface area (Å²) in [7, 11) is 0. The summed E-state index contributed by atoms with van der Waals surface area (Å²) >= 11 is 11.4. The van der Waals surface area contributed by atoms with Gasteiger partial charge in [0.05, 0.1) is 12.3 Å². The van der Waals surface area contributed by atoms with Gasteiger partial charge in [-0.15, -0.1) is 0 Å². The molecule has 0 aliphatic carbocycles. The van der Waals surface area contributed by atoms with E-state index in [0.29, 0.717) is 18.3 Å². The van der Waals surface area contributed by atoms with Crippen molar-refractivity contribution < 1.29 is 4.74 Å². The van der Waals surface area contributed by atoms with Crippen LogP contribution in [0.15, 0.2) is 48.5 Å². The van der Waals surface area contributed by atoms with Gasteiger partial charge in [-0.3, -0.25) is 0 Å². The molecule has 0 aliphatic heterocycles. The van der Waals surface area contributed by atoms with E-state index in [4.69, 9.17) is 28.6 Å². The van der Waals surface area contributed by atoms with Crippen molar-refractivity contribution in [1.29, 1.82) is 0 Å². The zero-order chi connectivity index (χ0) is 15.1. The molecule has 0 fully saturated rings. The lowest BCUT2D eigenvalue weighted by Gasteiger charge is -2.14. The van der Waals surface area contributed by atoms with Gasteiger partial charge in [0.1, 0.15) is 5.75 Å². The molecule has 2 N–H and O–H groups in total. The third-order valence-electron chi connectivity index (χ3n) is 2.83. The summed E-state index contributed by atoms with van der Waals surface area (Å²) < 4.78 is 5.55. The number of halogens is 1. The van der Waals surface area contributed by atoms with Crippen LogP contribution in [0.5, 0.6) is 5.75 Å². The smallest absolute Gasteiger partial charge is 0.171 e. The maximum atomic E-state index is 6.11. The lowest BCUT2D eigenvalue weighted by atomic mass is 10.2. The van der Waals surface area contributed by atoms with Gasteiger partial charge in [-0.05, 0) is 42.9 Å². The van der Waals surface area contributed by atoms with Crippen LogP contribution in [0.1, 0.15) is 12.5 Å². The van der Waals surface area contributed by atoms with Crippen molar-refractivity contribution >= 4 is 34.6 Å². The number of ether oxygens (including phenoxy) is 1. The van der Waals surface area contributed by atoms with Gasteiger partial charge in [0.15, 0.2) is 5.11 Å². The molecular weight excluding hydrogens is 304 g/mol. The summed E-state index contributed by atoms with van der Waals surface area (Å²) in [5, 5.41) is 7.53. The third kappa shape index (κ3) is 4.62. The number of hydrogen-bond acceptors (Lipinski definition) is 2. The first-order valence-electron chi connectivity index (χ1n) is 6.70. The van der Waals surface area contributed by atoms with Crippen molar-refractivity contribution in [1.82, 2.24) is 5.32 Å². The topological polar surface area (TPSA) is 33.3 Å². The van der Waals surface area contributed by atoms with Gasteiger partial charge in [0.2, 0.25) is 0 Å². The Bertz CT molecular complexity index is 619. The molecule has 2 aromatic carbocycles. The van der Waals surface area contributed by atoms with Crippen LogP contribution in [0.4, 0.5) is 5.69 Å². The Kier molecular flexibility index (Phi) is 5.84. The van der Waals surface area contributed by atoms with E-state index in [1.165, 1.54) is 0 Å². The van der Waals surface area contributed by atoms with E-state index >= 15 is 0 Å². The summed E-state index contributed by atoms with van der Waals surface area (Å²) in [6.07, 6.45) is 0. The van der Waals surface area contributed by atoms with E-state index in [2.05, 4.69) is 10.6 Å². The second kappa shape index (κ2) is 7.86. The van der Waals surface area contributed by atoms with E-state index in [1.54, 1.807) is 0 Å². The Hall–Kier alpha value is -1.78. The molecule has 0 aromatic heterocycles. The van der Waals surface area contributed by atoms with Gasteiger partial charge in [0.25, 0.3) is 0 Å². The fraction of sp³-hybridized carbons (Fsp3) is 0.188.